The Morgan fingerprint density at radius 2 is 2.08 bits per heavy atom. The van der Waals surface area contributed by atoms with Crippen molar-refractivity contribution in [2.75, 3.05) is 11.9 Å². The van der Waals surface area contributed by atoms with Crippen LogP contribution in [-0.2, 0) is 4.79 Å². The van der Waals surface area contributed by atoms with Gasteiger partial charge in [0.1, 0.15) is 12.7 Å². The monoisotopic (exact) mass is 341 g/mol. The summed E-state index contributed by atoms with van der Waals surface area (Å²) in [6.07, 6.45) is 3.17. The van der Waals surface area contributed by atoms with Gasteiger partial charge in [-0.05, 0) is 23.6 Å². The first-order valence-corrected chi connectivity index (χ1v) is 8.22. The zero-order valence-electron chi connectivity index (χ0n) is 12.7. The zero-order valence-corrected chi connectivity index (χ0v) is 13.5. The minimum absolute atomic E-state index is 0.174. The first kappa shape index (κ1) is 15.9. The second-order valence-electron chi connectivity index (χ2n) is 4.92. The highest BCUT2D eigenvalue weighted by Gasteiger charge is 2.10. The van der Waals surface area contributed by atoms with Crippen molar-refractivity contribution in [2.45, 2.75) is 6.42 Å². The van der Waals surface area contributed by atoms with Crippen LogP contribution in [0.2, 0.25) is 0 Å². The van der Waals surface area contributed by atoms with Gasteiger partial charge in [-0.3, -0.25) is 9.59 Å². The summed E-state index contributed by atoms with van der Waals surface area (Å²) in [4.78, 5) is 27.8. The molecule has 0 atom stereocenters. The van der Waals surface area contributed by atoms with Crippen molar-refractivity contribution < 1.29 is 9.59 Å². The fourth-order valence-corrected chi connectivity index (χ4v) is 2.75. The summed E-state index contributed by atoms with van der Waals surface area (Å²) in [7, 11) is 0. The van der Waals surface area contributed by atoms with Crippen molar-refractivity contribution in [1.29, 1.82) is 0 Å². The van der Waals surface area contributed by atoms with Crippen molar-refractivity contribution in [2.24, 2.45) is 0 Å². The number of hydrogen-bond acceptors (Lipinski definition) is 5. The summed E-state index contributed by atoms with van der Waals surface area (Å²) in [6.45, 7) is 0.270. The molecule has 2 N–H and O–H groups in total. The molecule has 1 aromatic carbocycles. The van der Waals surface area contributed by atoms with E-state index in [2.05, 4.69) is 20.7 Å². The molecule has 2 aromatic heterocycles. The van der Waals surface area contributed by atoms with E-state index in [0.29, 0.717) is 11.3 Å². The van der Waals surface area contributed by atoms with Gasteiger partial charge in [0.05, 0.1) is 11.4 Å². The number of hydrogen-bond donors (Lipinski definition) is 2. The van der Waals surface area contributed by atoms with Crippen molar-refractivity contribution in [1.82, 2.24) is 20.1 Å². The van der Waals surface area contributed by atoms with E-state index in [-0.39, 0.29) is 24.8 Å². The summed E-state index contributed by atoms with van der Waals surface area (Å²) in [5, 5.41) is 13.2. The van der Waals surface area contributed by atoms with E-state index < -0.39 is 0 Å². The number of nitrogens with zero attached hydrogens (tertiary/aromatic N) is 3. The Bertz CT molecular complexity index is 815. The topological polar surface area (TPSA) is 88.9 Å². The molecule has 0 aliphatic rings. The maximum Gasteiger partial charge on any atom is 0.252 e. The molecule has 0 aliphatic heterocycles. The van der Waals surface area contributed by atoms with Crippen molar-refractivity contribution in [3.05, 3.63) is 59.3 Å². The third-order valence-electron chi connectivity index (χ3n) is 3.26. The maximum absolute atomic E-state index is 12.1. The van der Waals surface area contributed by atoms with Gasteiger partial charge in [-0.15, -0.1) is 0 Å². The van der Waals surface area contributed by atoms with Crippen LogP contribution in [0.4, 0.5) is 5.69 Å². The van der Waals surface area contributed by atoms with Crippen LogP contribution in [0.15, 0.2) is 53.7 Å². The van der Waals surface area contributed by atoms with Gasteiger partial charge in [0.2, 0.25) is 5.91 Å². The van der Waals surface area contributed by atoms with Crippen LogP contribution < -0.4 is 10.6 Å². The van der Waals surface area contributed by atoms with E-state index in [9.17, 15) is 9.59 Å². The Kier molecular flexibility index (Phi) is 4.97. The molecule has 0 saturated heterocycles. The van der Waals surface area contributed by atoms with Crippen LogP contribution in [-0.4, -0.2) is 33.1 Å². The quantitative estimate of drug-likeness (QED) is 0.718. The maximum atomic E-state index is 12.1. The first-order valence-electron chi connectivity index (χ1n) is 7.28. The predicted octanol–water partition coefficient (Wildman–Crippen LogP) is 2.09. The third kappa shape index (κ3) is 3.85. The molecule has 2 amide bonds. The Balaban J connectivity index is 1.55. The number of amides is 2. The molecule has 24 heavy (non-hydrogen) atoms. The van der Waals surface area contributed by atoms with Gasteiger partial charge in [-0.2, -0.15) is 16.4 Å². The molecule has 0 spiro atoms. The lowest BCUT2D eigenvalue weighted by Crippen LogP contribution is -2.27. The molecule has 0 fully saturated rings. The van der Waals surface area contributed by atoms with Crippen molar-refractivity contribution in [3.63, 3.8) is 0 Å². The summed E-state index contributed by atoms with van der Waals surface area (Å²) in [6, 6.07) is 9.05. The van der Waals surface area contributed by atoms with E-state index in [0.717, 1.165) is 5.69 Å². The van der Waals surface area contributed by atoms with Crippen LogP contribution in [0.25, 0.3) is 5.69 Å². The Morgan fingerprint density at radius 1 is 1.21 bits per heavy atom. The summed E-state index contributed by atoms with van der Waals surface area (Å²) < 4.78 is 1.58. The second kappa shape index (κ2) is 7.51. The summed E-state index contributed by atoms with van der Waals surface area (Å²) >= 11 is 1.46. The van der Waals surface area contributed by atoms with E-state index in [1.807, 2.05) is 23.6 Å². The molecule has 7 nitrogen and oxygen atoms in total. The molecule has 0 saturated carbocycles. The van der Waals surface area contributed by atoms with Gasteiger partial charge >= 0.3 is 0 Å². The molecule has 0 radical (unpaired) electrons. The van der Waals surface area contributed by atoms with Gasteiger partial charge in [0.25, 0.3) is 5.91 Å². The summed E-state index contributed by atoms with van der Waals surface area (Å²) in [5.41, 5.74) is 1.97. The molecular formula is C16H15N5O2S. The number of anilines is 1. The average molecular weight is 341 g/mol. The zero-order chi connectivity index (χ0) is 16.8. The fraction of sp³-hybridized carbons (Fsp3) is 0.125. The Hall–Kier alpha value is -3.00. The highest BCUT2D eigenvalue weighted by Crippen LogP contribution is 2.18. The van der Waals surface area contributed by atoms with Gasteiger partial charge < -0.3 is 10.6 Å². The number of carbonyl (C=O) groups excluding carboxylic acids is 2. The van der Waals surface area contributed by atoms with Gasteiger partial charge in [0.15, 0.2) is 0 Å². The van der Waals surface area contributed by atoms with E-state index in [1.54, 1.807) is 28.5 Å². The van der Waals surface area contributed by atoms with Crippen LogP contribution in [0.5, 0.6) is 0 Å². The third-order valence-corrected chi connectivity index (χ3v) is 3.95. The average Bonchev–Trinajstić information content (AvgIpc) is 3.29. The number of para-hydroxylation sites is 2. The highest BCUT2D eigenvalue weighted by atomic mass is 32.1. The van der Waals surface area contributed by atoms with Crippen molar-refractivity contribution in [3.8, 4) is 5.69 Å². The lowest BCUT2D eigenvalue weighted by molar-refractivity contribution is -0.116. The molecule has 122 valence electrons. The number of rotatable bonds is 6. The number of benzene rings is 1. The molecule has 0 aliphatic carbocycles. The molecule has 8 heteroatoms. The van der Waals surface area contributed by atoms with E-state index in [1.165, 1.54) is 17.7 Å². The number of nitrogens with one attached hydrogen (secondary N) is 2. The van der Waals surface area contributed by atoms with E-state index in [4.69, 9.17) is 0 Å². The minimum Gasteiger partial charge on any atom is -0.351 e. The number of aromatic nitrogens is 3. The highest BCUT2D eigenvalue weighted by molar-refractivity contribution is 7.08. The van der Waals surface area contributed by atoms with Gasteiger partial charge in [0, 0.05) is 23.9 Å². The fourth-order valence-electron chi connectivity index (χ4n) is 2.11. The predicted molar refractivity (Wildman–Crippen MR) is 91.3 cm³/mol. The van der Waals surface area contributed by atoms with E-state index >= 15 is 0 Å². The Morgan fingerprint density at radius 3 is 2.83 bits per heavy atom. The molecule has 2 heterocycles. The largest absolute Gasteiger partial charge is 0.351 e. The van der Waals surface area contributed by atoms with Crippen LogP contribution in [0, 0.1) is 0 Å². The smallest absolute Gasteiger partial charge is 0.252 e. The lowest BCUT2D eigenvalue weighted by Gasteiger charge is -2.10. The van der Waals surface area contributed by atoms with Gasteiger partial charge in [-0.1, -0.05) is 12.1 Å². The molecular weight excluding hydrogens is 326 g/mol. The minimum atomic E-state index is -0.187. The standard InChI is InChI=1S/C16H15N5O2S/c22-15(5-7-18-16(23)12-6-8-24-9-12)20-13-3-1-2-4-14(13)21-11-17-10-19-21/h1-4,6,8-11H,5,7H2,(H,18,23)(H,20,22). The molecule has 3 aromatic rings. The van der Waals surface area contributed by atoms with Crippen LogP contribution in [0.1, 0.15) is 16.8 Å². The second-order valence-corrected chi connectivity index (χ2v) is 5.70. The summed E-state index contributed by atoms with van der Waals surface area (Å²) in [5.74, 6) is -0.361. The van der Waals surface area contributed by atoms with Gasteiger partial charge in [-0.25, -0.2) is 9.67 Å². The molecule has 3 rings (SSSR count). The SMILES string of the molecule is O=C(CCNC(=O)c1ccsc1)Nc1ccccc1-n1cncn1. The van der Waals surface area contributed by atoms with Crippen LogP contribution in [0.3, 0.4) is 0 Å². The first-order chi connectivity index (χ1) is 11.7. The molecule has 0 bridgehead atoms. The van der Waals surface area contributed by atoms with Crippen LogP contribution >= 0.6 is 11.3 Å². The Labute approximate surface area is 142 Å². The van der Waals surface area contributed by atoms with Crippen molar-refractivity contribution >= 4 is 28.8 Å². The number of thiophene rings is 1. The lowest BCUT2D eigenvalue weighted by atomic mass is 10.2. The normalized spacial score (nSPS) is 10.3. The molecule has 0 unspecified atom stereocenters. The number of carbonyl (C=O) groups is 2.